The van der Waals surface area contributed by atoms with E-state index in [9.17, 15) is 0 Å². The molecule has 1 aromatic carbocycles. The van der Waals surface area contributed by atoms with Crippen molar-refractivity contribution >= 4 is 6.08 Å². The Morgan fingerprint density at radius 2 is 2.12 bits per heavy atom. The molecule has 0 saturated heterocycles. The second-order valence-electron chi connectivity index (χ2n) is 3.92. The van der Waals surface area contributed by atoms with Crippen molar-refractivity contribution in [1.82, 2.24) is 0 Å². The van der Waals surface area contributed by atoms with Gasteiger partial charge in [0, 0.05) is 6.42 Å². The number of hydrogen-bond acceptors (Lipinski definition) is 2. The molecule has 88 valence electrons. The first-order valence-electron chi connectivity index (χ1n) is 5.70. The summed E-state index contributed by atoms with van der Waals surface area (Å²) >= 11 is 0. The van der Waals surface area contributed by atoms with Gasteiger partial charge in [0.05, 0.1) is 6.10 Å². The molecule has 0 bridgehead atoms. The standard InChI is InChI=1S/C14H20O2/c1-5-12-8-7-9-13(10-12)16-14(6-2)15-11(3)4/h5,7-11,14H,1,6H2,2-4H3. The molecule has 0 fully saturated rings. The lowest BCUT2D eigenvalue weighted by molar-refractivity contribution is -0.109. The third-order valence-corrected chi connectivity index (χ3v) is 2.12. The van der Waals surface area contributed by atoms with Gasteiger partial charge >= 0.3 is 0 Å². The maximum absolute atomic E-state index is 5.75. The molecule has 1 rings (SSSR count). The van der Waals surface area contributed by atoms with Crippen LogP contribution in [0.5, 0.6) is 5.75 Å². The van der Waals surface area contributed by atoms with Gasteiger partial charge in [0.1, 0.15) is 5.75 Å². The van der Waals surface area contributed by atoms with Crippen molar-refractivity contribution in [3.05, 3.63) is 36.4 Å². The number of rotatable bonds is 6. The molecule has 0 aliphatic heterocycles. The van der Waals surface area contributed by atoms with Crippen LogP contribution in [0.1, 0.15) is 32.8 Å². The highest BCUT2D eigenvalue weighted by atomic mass is 16.7. The van der Waals surface area contributed by atoms with Gasteiger partial charge < -0.3 is 9.47 Å². The van der Waals surface area contributed by atoms with Crippen molar-refractivity contribution in [1.29, 1.82) is 0 Å². The lowest BCUT2D eigenvalue weighted by Crippen LogP contribution is -2.23. The van der Waals surface area contributed by atoms with Crippen molar-refractivity contribution in [2.24, 2.45) is 0 Å². The van der Waals surface area contributed by atoms with Crippen LogP contribution < -0.4 is 4.74 Å². The summed E-state index contributed by atoms with van der Waals surface area (Å²) in [6.45, 7) is 9.79. The normalized spacial score (nSPS) is 12.5. The zero-order chi connectivity index (χ0) is 12.0. The van der Waals surface area contributed by atoms with Crippen LogP contribution in [-0.2, 0) is 4.74 Å². The molecule has 2 heteroatoms. The molecule has 0 aliphatic carbocycles. The van der Waals surface area contributed by atoms with Gasteiger partial charge in [-0.1, -0.05) is 31.7 Å². The molecule has 0 aromatic heterocycles. The lowest BCUT2D eigenvalue weighted by atomic mass is 10.2. The minimum Gasteiger partial charge on any atom is -0.465 e. The molecule has 1 atom stereocenters. The van der Waals surface area contributed by atoms with Crippen LogP contribution in [0.2, 0.25) is 0 Å². The van der Waals surface area contributed by atoms with E-state index in [1.807, 2.05) is 45.0 Å². The Morgan fingerprint density at radius 1 is 1.38 bits per heavy atom. The van der Waals surface area contributed by atoms with Crippen molar-refractivity contribution in [2.75, 3.05) is 0 Å². The van der Waals surface area contributed by atoms with Crippen LogP contribution in [0.25, 0.3) is 6.08 Å². The van der Waals surface area contributed by atoms with E-state index >= 15 is 0 Å². The topological polar surface area (TPSA) is 18.5 Å². The van der Waals surface area contributed by atoms with Crippen molar-refractivity contribution in [3.8, 4) is 5.75 Å². The summed E-state index contributed by atoms with van der Waals surface area (Å²) in [6, 6.07) is 7.83. The highest BCUT2D eigenvalue weighted by Crippen LogP contribution is 2.17. The van der Waals surface area contributed by atoms with Gasteiger partial charge in [-0.2, -0.15) is 0 Å². The summed E-state index contributed by atoms with van der Waals surface area (Å²) in [5.74, 6) is 0.824. The van der Waals surface area contributed by atoms with Crippen LogP contribution in [0.4, 0.5) is 0 Å². The highest BCUT2D eigenvalue weighted by Gasteiger charge is 2.10. The molecule has 0 aliphatic rings. The lowest BCUT2D eigenvalue weighted by Gasteiger charge is -2.20. The van der Waals surface area contributed by atoms with Crippen LogP contribution in [0.15, 0.2) is 30.8 Å². The van der Waals surface area contributed by atoms with Gasteiger partial charge in [-0.05, 0) is 31.5 Å². The maximum Gasteiger partial charge on any atom is 0.199 e. The first kappa shape index (κ1) is 12.8. The third kappa shape index (κ3) is 4.07. The molecule has 0 radical (unpaired) electrons. The van der Waals surface area contributed by atoms with Crippen LogP contribution >= 0.6 is 0 Å². The van der Waals surface area contributed by atoms with E-state index in [4.69, 9.17) is 9.47 Å². The first-order chi connectivity index (χ1) is 7.65. The van der Waals surface area contributed by atoms with Crippen LogP contribution in [0.3, 0.4) is 0 Å². The second kappa shape index (κ2) is 6.33. The van der Waals surface area contributed by atoms with Gasteiger partial charge in [0.25, 0.3) is 0 Å². The third-order valence-electron chi connectivity index (χ3n) is 2.12. The van der Waals surface area contributed by atoms with E-state index in [-0.39, 0.29) is 12.4 Å². The smallest absolute Gasteiger partial charge is 0.199 e. The summed E-state index contributed by atoms with van der Waals surface area (Å²) in [6.07, 6.45) is 2.63. The van der Waals surface area contributed by atoms with Crippen molar-refractivity contribution in [3.63, 3.8) is 0 Å². The Bertz CT molecular complexity index is 331. The van der Waals surface area contributed by atoms with E-state index < -0.39 is 0 Å². The average molecular weight is 220 g/mol. The first-order valence-corrected chi connectivity index (χ1v) is 5.70. The molecule has 16 heavy (non-hydrogen) atoms. The predicted molar refractivity (Wildman–Crippen MR) is 67.5 cm³/mol. The van der Waals surface area contributed by atoms with E-state index in [0.29, 0.717) is 0 Å². The van der Waals surface area contributed by atoms with E-state index in [1.165, 1.54) is 0 Å². The van der Waals surface area contributed by atoms with Crippen LogP contribution in [-0.4, -0.2) is 12.4 Å². The van der Waals surface area contributed by atoms with Crippen LogP contribution in [0, 0.1) is 0 Å². The molecular weight excluding hydrogens is 200 g/mol. The molecule has 1 aromatic rings. The molecule has 1 unspecified atom stereocenters. The fourth-order valence-electron chi connectivity index (χ4n) is 1.38. The molecule has 2 nitrogen and oxygen atoms in total. The number of hydrogen-bond donors (Lipinski definition) is 0. The van der Waals surface area contributed by atoms with E-state index in [1.54, 1.807) is 6.08 Å². The summed E-state index contributed by atoms with van der Waals surface area (Å²) in [7, 11) is 0. The summed E-state index contributed by atoms with van der Waals surface area (Å²) in [5.41, 5.74) is 1.05. The van der Waals surface area contributed by atoms with Crippen molar-refractivity contribution in [2.45, 2.75) is 39.6 Å². The molecule has 0 heterocycles. The SMILES string of the molecule is C=Cc1cccc(OC(CC)OC(C)C)c1. The Labute approximate surface area is 97.9 Å². The largest absolute Gasteiger partial charge is 0.465 e. The summed E-state index contributed by atoms with van der Waals surface area (Å²) in [4.78, 5) is 0. The van der Waals surface area contributed by atoms with Gasteiger partial charge in [-0.3, -0.25) is 0 Å². The Hall–Kier alpha value is -1.28. The summed E-state index contributed by atoms with van der Waals surface area (Å²) in [5, 5.41) is 0. The van der Waals surface area contributed by atoms with Gasteiger partial charge in [-0.15, -0.1) is 0 Å². The second-order valence-corrected chi connectivity index (χ2v) is 3.92. The molecule has 0 spiro atoms. The molecule has 0 saturated carbocycles. The van der Waals surface area contributed by atoms with Crippen molar-refractivity contribution < 1.29 is 9.47 Å². The summed E-state index contributed by atoms with van der Waals surface area (Å²) < 4.78 is 11.4. The monoisotopic (exact) mass is 220 g/mol. The average Bonchev–Trinajstić information content (AvgIpc) is 2.28. The maximum atomic E-state index is 5.75. The van der Waals surface area contributed by atoms with Gasteiger partial charge in [0.15, 0.2) is 6.29 Å². The minimum atomic E-state index is -0.180. The Kier molecular flexibility index (Phi) is 5.06. The molecular formula is C14H20O2. The minimum absolute atomic E-state index is 0.174. The molecule has 0 amide bonds. The van der Waals surface area contributed by atoms with E-state index in [0.717, 1.165) is 17.7 Å². The zero-order valence-corrected chi connectivity index (χ0v) is 10.3. The quantitative estimate of drug-likeness (QED) is 0.677. The predicted octanol–water partition coefficient (Wildman–Crippen LogP) is 3.87. The Balaban J connectivity index is 2.65. The Morgan fingerprint density at radius 3 is 2.69 bits per heavy atom. The highest BCUT2D eigenvalue weighted by molar-refractivity contribution is 5.49. The fraction of sp³-hybridized carbons (Fsp3) is 0.429. The van der Waals surface area contributed by atoms with Gasteiger partial charge in [0.2, 0.25) is 0 Å². The van der Waals surface area contributed by atoms with E-state index in [2.05, 4.69) is 6.58 Å². The zero-order valence-electron chi connectivity index (χ0n) is 10.3. The fourth-order valence-corrected chi connectivity index (χ4v) is 1.38. The van der Waals surface area contributed by atoms with Gasteiger partial charge in [-0.25, -0.2) is 0 Å². The number of benzene rings is 1. The number of ether oxygens (including phenoxy) is 2. The molecule has 0 N–H and O–H groups in total.